The molecular weight excluding hydrogens is 690 g/mol. The number of thiazole rings is 1. The number of benzene rings is 2. The first-order valence-corrected chi connectivity index (χ1v) is 13.6. The number of ether oxygens (including phenoxy) is 2. The molecule has 0 saturated carbocycles. The molecule has 178 valence electrons. The highest BCUT2D eigenvalue weighted by Crippen LogP contribution is 2.32. The fourth-order valence-corrected chi connectivity index (χ4v) is 7.03. The average molecular weight is 710 g/mol. The molecule has 2 heterocycles. The van der Waals surface area contributed by atoms with Gasteiger partial charge in [0.25, 0.3) is 5.56 Å². The van der Waals surface area contributed by atoms with E-state index in [-0.39, 0.29) is 12.2 Å². The Morgan fingerprint density at radius 1 is 1.26 bits per heavy atom. The highest BCUT2D eigenvalue weighted by Gasteiger charge is 2.33. The molecule has 4 rings (SSSR count). The van der Waals surface area contributed by atoms with Crippen LogP contribution < -0.4 is 19.6 Å². The number of rotatable bonds is 6. The van der Waals surface area contributed by atoms with Crippen molar-refractivity contribution in [1.29, 1.82) is 0 Å². The second-order valence-electron chi connectivity index (χ2n) is 7.51. The quantitative estimate of drug-likeness (QED) is 0.221. The second kappa shape index (κ2) is 11.1. The van der Waals surface area contributed by atoms with Gasteiger partial charge in [-0.1, -0.05) is 54.5 Å². The third kappa shape index (κ3) is 5.10. The number of allylic oxidation sites excluding steroid dienone is 1. The number of hydrogen-bond acceptors (Lipinski definition) is 6. The zero-order chi connectivity index (χ0) is 25.1. The van der Waals surface area contributed by atoms with Crippen molar-refractivity contribution in [3.8, 4) is 18.1 Å². The summed E-state index contributed by atoms with van der Waals surface area (Å²) in [5, 5.41) is 0. The van der Waals surface area contributed by atoms with Gasteiger partial charge in [-0.05, 0) is 80.9 Å². The maximum absolute atomic E-state index is 13.7. The Morgan fingerprint density at radius 3 is 2.54 bits per heavy atom. The maximum Gasteiger partial charge on any atom is 0.338 e. The predicted octanol–water partition coefficient (Wildman–Crippen LogP) is 4.02. The monoisotopic (exact) mass is 710 g/mol. The van der Waals surface area contributed by atoms with Crippen molar-refractivity contribution >= 4 is 68.6 Å². The van der Waals surface area contributed by atoms with E-state index in [1.54, 1.807) is 4.57 Å². The predicted molar refractivity (Wildman–Crippen MR) is 153 cm³/mol. The van der Waals surface area contributed by atoms with Crippen LogP contribution in [0, 0.1) is 19.5 Å². The van der Waals surface area contributed by atoms with Crippen molar-refractivity contribution < 1.29 is 14.3 Å². The van der Waals surface area contributed by atoms with E-state index in [2.05, 4.69) is 51.1 Å². The van der Waals surface area contributed by atoms with Crippen molar-refractivity contribution in [2.24, 2.45) is 4.99 Å². The number of nitrogens with zero attached hydrogens (tertiary/aromatic N) is 2. The first-order valence-electron chi connectivity index (χ1n) is 10.6. The summed E-state index contributed by atoms with van der Waals surface area (Å²) in [4.78, 5) is 31.8. The zero-order valence-corrected chi connectivity index (χ0v) is 24.0. The first-order chi connectivity index (χ1) is 16.9. The third-order valence-corrected chi connectivity index (χ3v) is 7.97. The van der Waals surface area contributed by atoms with Gasteiger partial charge in [0.05, 0.1) is 36.1 Å². The molecule has 9 heteroatoms. The zero-order valence-electron chi connectivity index (χ0n) is 18.9. The molecule has 1 atom stereocenters. The minimum atomic E-state index is -0.614. The van der Waals surface area contributed by atoms with E-state index in [1.165, 1.54) is 18.4 Å². The van der Waals surface area contributed by atoms with Crippen molar-refractivity contribution in [3.63, 3.8) is 0 Å². The highest BCUT2D eigenvalue weighted by atomic mass is 127. The average Bonchev–Trinajstić information content (AvgIpc) is 3.16. The molecule has 2 aromatic carbocycles. The standard InChI is InChI=1S/C26H20I2N2O4S/c1-4-11-34-23-17(27)12-15(13-18(23)28)14-20-24(31)30-22(16-9-7-6-8-10-16)21(25(32)33-3)19(5-2)29-26(30)35-20/h1,6-10,12-14,22H,5,11H2,2-3H3/b20-14-/t22-/m0/s1. The van der Waals surface area contributed by atoms with Gasteiger partial charge in [0.15, 0.2) is 4.80 Å². The van der Waals surface area contributed by atoms with Gasteiger partial charge >= 0.3 is 5.97 Å². The molecule has 6 nitrogen and oxygen atoms in total. The molecule has 0 aliphatic carbocycles. The molecule has 0 amide bonds. The Hall–Kier alpha value is -2.43. The van der Waals surface area contributed by atoms with Crippen molar-refractivity contribution in [1.82, 2.24) is 4.57 Å². The summed E-state index contributed by atoms with van der Waals surface area (Å²) in [6, 6.07) is 12.8. The molecule has 1 aliphatic rings. The van der Waals surface area contributed by atoms with E-state index in [1.807, 2.05) is 55.5 Å². The summed E-state index contributed by atoms with van der Waals surface area (Å²) in [5.41, 5.74) is 2.48. The lowest BCUT2D eigenvalue weighted by Crippen LogP contribution is -2.40. The van der Waals surface area contributed by atoms with Gasteiger partial charge in [0.2, 0.25) is 0 Å². The molecule has 3 aromatic rings. The fraction of sp³-hybridized carbons (Fsp3) is 0.192. The number of halogens is 2. The van der Waals surface area contributed by atoms with E-state index < -0.39 is 12.0 Å². The highest BCUT2D eigenvalue weighted by molar-refractivity contribution is 14.1. The SMILES string of the molecule is C#CCOc1c(I)cc(/C=c2\sc3n(c2=O)[C@@H](c2ccccc2)C(C(=O)OC)=C(CC)N=3)cc1I. The lowest BCUT2D eigenvalue weighted by molar-refractivity contribution is -0.136. The minimum absolute atomic E-state index is 0.186. The number of hydrogen-bond donors (Lipinski definition) is 0. The van der Waals surface area contributed by atoms with Gasteiger partial charge in [-0.25, -0.2) is 9.79 Å². The van der Waals surface area contributed by atoms with E-state index in [0.29, 0.717) is 27.0 Å². The molecule has 0 radical (unpaired) electrons. The fourth-order valence-electron chi connectivity index (χ4n) is 3.88. The molecule has 0 spiro atoms. The van der Waals surface area contributed by atoms with Gasteiger partial charge in [-0.3, -0.25) is 9.36 Å². The van der Waals surface area contributed by atoms with Crippen molar-refractivity contribution in [2.75, 3.05) is 13.7 Å². The number of aromatic nitrogens is 1. The second-order valence-corrected chi connectivity index (χ2v) is 10.8. The molecule has 0 fully saturated rings. The Balaban J connectivity index is 1.92. The smallest absolute Gasteiger partial charge is 0.338 e. The van der Waals surface area contributed by atoms with Gasteiger partial charge in [-0.2, -0.15) is 0 Å². The Labute approximate surface area is 233 Å². The topological polar surface area (TPSA) is 69.9 Å². The van der Waals surface area contributed by atoms with Crippen LogP contribution in [0.4, 0.5) is 0 Å². The van der Waals surface area contributed by atoms with Crippen LogP contribution in [0.5, 0.6) is 5.75 Å². The van der Waals surface area contributed by atoms with Crippen LogP contribution in [0.3, 0.4) is 0 Å². The Bertz CT molecular complexity index is 1530. The Kier molecular flexibility index (Phi) is 8.13. The molecule has 0 N–H and O–H groups in total. The number of esters is 1. The van der Waals surface area contributed by atoms with Crippen LogP contribution in [0.15, 0.2) is 63.5 Å². The Morgan fingerprint density at radius 2 is 1.94 bits per heavy atom. The summed E-state index contributed by atoms with van der Waals surface area (Å²) in [6.45, 7) is 2.12. The lowest BCUT2D eigenvalue weighted by atomic mass is 9.95. The molecule has 0 bridgehead atoms. The van der Waals surface area contributed by atoms with Crippen LogP contribution in [0.1, 0.15) is 30.5 Å². The number of carbonyl (C=O) groups is 1. The first kappa shape index (κ1) is 25.7. The van der Waals surface area contributed by atoms with E-state index in [0.717, 1.165) is 24.0 Å². The van der Waals surface area contributed by atoms with Crippen molar-refractivity contribution in [3.05, 3.63) is 91.7 Å². The molecule has 35 heavy (non-hydrogen) atoms. The summed E-state index contributed by atoms with van der Waals surface area (Å²) in [7, 11) is 1.34. The summed E-state index contributed by atoms with van der Waals surface area (Å²) < 4.78 is 14.7. The van der Waals surface area contributed by atoms with E-state index >= 15 is 0 Å². The molecular formula is C26H20I2N2O4S. The van der Waals surface area contributed by atoms with Gasteiger partial charge in [0, 0.05) is 0 Å². The van der Waals surface area contributed by atoms with E-state index in [4.69, 9.17) is 20.9 Å². The minimum Gasteiger partial charge on any atom is -0.479 e. The largest absolute Gasteiger partial charge is 0.479 e. The number of fused-ring (bicyclic) bond motifs is 1. The molecule has 1 aliphatic heterocycles. The molecule has 0 unspecified atom stereocenters. The normalized spacial score (nSPS) is 15.3. The summed E-state index contributed by atoms with van der Waals surface area (Å²) in [5.74, 6) is 2.71. The molecule has 1 aromatic heterocycles. The van der Waals surface area contributed by atoms with Gasteiger partial charge < -0.3 is 9.47 Å². The maximum atomic E-state index is 13.7. The van der Waals surface area contributed by atoms with Crippen LogP contribution in [0.2, 0.25) is 0 Å². The lowest BCUT2D eigenvalue weighted by Gasteiger charge is -2.25. The third-order valence-electron chi connectivity index (χ3n) is 5.38. The van der Waals surface area contributed by atoms with Gasteiger partial charge in [0.1, 0.15) is 12.4 Å². The summed E-state index contributed by atoms with van der Waals surface area (Å²) in [6.07, 6.45) is 7.70. The van der Waals surface area contributed by atoms with Crippen LogP contribution in [0.25, 0.3) is 6.08 Å². The van der Waals surface area contributed by atoms with Crippen LogP contribution in [-0.2, 0) is 9.53 Å². The van der Waals surface area contributed by atoms with Crippen LogP contribution >= 0.6 is 56.5 Å². The number of carbonyl (C=O) groups excluding carboxylic acids is 1. The van der Waals surface area contributed by atoms with Crippen molar-refractivity contribution in [2.45, 2.75) is 19.4 Å². The van der Waals surface area contributed by atoms with Crippen LogP contribution in [-0.4, -0.2) is 24.3 Å². The van der Waals surface area contributed by atoms with Gasteiger partial charge in [-0.15, -0.1) is 6.42 Å². The molecule has 0 saturated heterocycles. The van der Waals surface area contributed by atoms with E-state index in [9.17, 15) is 9.59 Å². The number of terminal acetylenes is 1. The number of methoxy groups -OCH3 is 1. The summed E-state index contributed by atoms with van der Waals surface area (Å²) >= 11 is 5.70.